The predicted octanol–water partition coefficient (Wildman–Crippen LogP) is 0.789. The van der Waals surface area contributed by atoms with Crippen LogP contribution in [0.1, 0.15) is 0 Å². The summed E-state index contributed by atoms with van der Waals surface area (Å²) in [6.07, 6.45) is 0. The Morgan fingerprint density at radius 2 is 2.06 bits per heavy atom. The lowest BCUT2D eigenvalue weighted by molar-refractivity contribution is -0.123. The fraction of sp³-hybridized carbons (Fsp3) is 0.273. The number of amides is 3. The molecule has 1 aliphatic heterocycles. The van der Waals surface area contributed by atoms with Crippen LogP contribution in [0, 0.1) is 5.82 Å². The van der Waals surface area contributed by atoms with Gasteiger partial charge in [0.1, 0.15) is 12.4 Å². The first-order valence-corrected chi connectivity index (χ1v) is 5.23. The maximum atomic E-state index is 12.7. The number of urea groups is 1. The quantitative estimate of drug-likeness (QED) is 0.758. The molecule has 3 amide bonds. The number of carbonyl (C=O) groups excluding carboxylic acids is 2. The Morgan fingerprint density at radius 1 is 1.35 bits per heavy atom. The first-order valence-electron chi connectivity index (χ1n) is 5.23. The Kier molecular flexibility index (Phi) is 3.22. The number of piperazine rings is 1. The van der Waals surface area contributed by atoms with Crippen LogP contribution in [-0.4, -0.2) is 36.5 Å². The van der Waals surface area contributed by atoms with Gasteiger partial charge in [0, 0.05) is 18.8 Å². The number of benzene rings is 1. The van der Waals surface area contributed by atoms with E-state index >= 15 is 0 Å². The Labute approximate surface area is 97.6 Å². The van der Waals surface area contributed by atoms with Gasteiger partial charge in [-0.25, -0.2) is 9.18 Å². The number of halogens is 1. The summed E-state index contributed by atoms with van der Waals surface area (Å²) in [6.45, 7) is 0.974. The van der Waals surface area contributed by atoms with Crippen LogP contribution < -0.4 is 10.6 Å². The Bertz CT molecular complexity index is 433. The van der Waals surface area contributed by atoms with E-state index in [0.717, 1.165) is 0 Å². The number of anilines is 1. The minimum absolute atomic E-state index is 0.0486. The third kappa shape index (κ3) is 2.93. The highest BCUT2D eigenvalue weighted by Gasteiger charge is 2.20. The minimum atomic E-state index is -0.361. The molecule has 17 heavy (non-hydrogen) atoms. The molecule has 2 rings (SSSR count). The van der Waals surface area contributed by atoms with Crippen LogP contribution >= 0.6 is 0 Å². The predicted molar refractivity (Wildman–Crippen MR) is 60.0 cm³/mol. The van der Waals surface area contributed by atoms with E-state index in [1.807, 2.05) is 0 Å². The number of nitrogens with zero attached hydrogens (tertiary/aromatic N) is 1. The van der Waals surface area contributed by atoms with Crippen LogP contribution in [-0.2, 0) is 4.79 Å². The summed E-state index contributed by atoms with van der Waals surface area (Å²) in [4.78, 5) is 24.2. The van der Waals surface area contributed by atoms with Crippen molar-refractivity contribution < 1.29 is 14.0 Å². The summed E-state index contributed by atoms with van der Waals surface area (Å²) in [5, 5.41) is 5.23. The molecular weight excluding hydrogens is 225 g/mol. The van der Waals surface area contributed by atoms with E-state index in [9.17, 15) is 14.0 Å². The SMILES string of the molecule is O=C1CN(C(=O)Nc2ccc(F)cc2)CCN1. The van der Waals surface area contributed by atoms with Gasteiger partial charge in [-0.2, -0.15) is 0 Å². The Hall–Kier alpha value is -2.11. The molecule has 2 N–H and O–H groups in total. The highest BCUT2D eigenvalue weighted by Crippen LogP contribution is 2.09. The second-order valence-electron chi connectivity index (χ2n) is 3.71. The molecule has 1 saturated heterocycles. The summed E-state index contributed by atoms with van der Waals surface area (Å²) < 4.78 is 12.7. The minimum Gasteiger partial charge on any atom is -0.353 e. The van der Waals surface area contributed by atoms with Crippen LogP contribution in [0.2, 0.25) is 0 Å². The molecule has 6 heteroatoms. The van der Waals surface area contributed by atoms with E-state index in [-0.39, 0.29) is 24.3 Å². The van der Waals surface area contributed by atoms with Gasteiger partial charge in [-0.15, -0.1) is 0 Å². The van der Waals surface area contributed by atoms with Gasteiger partial charge in [-0.3, -0.25) is 4.79 Å². The lowest BCUT2D eigenvalue weighted by Gasteiger charge is -2.26. The van der Waals surface area contributed by atoms with Gasteiger partial charge >= 0.3 is 6.03 Å². The van der Waals surface area contributed by atoms with Crippen molar-refractivity contribution in [3.8, 4) is 0 Å². The maximum absolute atomic E-state index is 12.7. The second kappa shape index (κ2) is 4.82. The van der Waals surface area contributed by atoms with Crippen molar-refractivity contribution in [2.24, 2.45) is 0 Å². The molecule has 0 aliphatic carbocycles. The van der Waals surface area contributed by atoms with Crippen LogP contribution in [0.4, 0.5) is 14.9 Å². The fourth-order valence-electron chi connectivity index (χ4n) is 1.55. The van der Waals surface area contributed by atoms with E-state index in [2.05, 4.69) is 10.6 Å². The van der Waals surface area contributed by atoms with Crippen molar-refractivity contribution in [3.05, 3.63) is 30.1 Å². The van der Waals surface area contributed by atoms with Crippen molar-refractivity contribution in [3.63, 3.8) is 0 Å². The van der Waals surface area contributed by atoms with Crippen molar-refractivity contribution in [1.82, 2.24) is 10.2 Å². The molecule has 1 aliphatic rings. The molecule has 0 unspecified atom stereocenters. The van der Waals surface area contributed by atoms with Crippen LogP contribution in [0.5, 0.6) is 0 Å². The first-order chi connectivity index (χ1) is 8.15. The summed E-state index contributed by atoms with van der Waals surface area (Å²) in [5.41, 5.74) is 0.502. The molecule has 0 saturated carbocycles. The number of rotatable bonds is 1. The summed E-state index contributed by atoms with van der Waals surface area (Å²) in [5.74, 6) is -0.536. The third-order valence-electron chi connectivity index (χ3n) is 2.42. The molecule has 0 aromatic heterocycles. The van der Waals surface area contributed by atoms with E-state index in [4.69, 9.17) is 0 Å². The second-order valence-corrected chi connectivity index (χ2v) is 3.71. The van der Waals surface area contributed by atoms with E-state index in [0.29, 0.717) is 18.8 Å². The monoisotopic (exact) mass is 237 g/mol. The smallest absolute Gasteiger partial charge is 0.322 e. The topological polar surface area (TPSA) is 61.4 Å². The zero-order valence-electron chi connectivity index (χ0n) is 9.07. The van der Waals surface area contributed by atoms with Crippen molar-refractivity contribution in [2.45, 2.75) is 0 Å². The summed E-state index contributed by atoms with van der Waals surface area (Å²) >= 11 is 0. The zero-order chi connectivity index (χ0) is 12.3. The van der Waals surface area contributed by atoms with E-state index < -0.39 is 0 Å². The zero-order valence-corrected chi connectivity index (χ0v) is 9.07. The van der Waals surface area contributed by atoms with Crippen molar-refractivity contribution >= 4 is 17.6 Å². The highest BCUT2D eigenvalue weighted by molar-refractivity contribution is 5.92. The van der Waals surface area contributed by atoms with E-state index in [1.54, 1.807) is 0 Å². The first kappa shape index (κ1) is 11.4. The van der Waals surface area contributed by atoms with Gasteiger partial charge in [0.2, 0.25) is 5.91 Å². The molecular formula is C11H12FN3O2. The van der Waals surface area contributed by atoms with Gasteiger partial charge in [0.05, 0.1) is 0 Å². The Morgan fingerprint density at radius 3 is 2.71 bits per heavy atom. The lowest BCUT2D eigenvalue weighted by atomic mass is 10.3. The van der Waals surface area contributed by atoms with Gasteiger partial charge in [0.25, 0.3) is 0 Å². The maximum Gasteiger partial charge on any atom is 0.322 e. The molecule has 0 atom stereocenters. The molecule has 1 fully saturated rings. The molecule has 1 aromatic carbocycles. The van der Waals surface area contributed by atoms with Crippen LogP contribution in [0.15, 0.2) is 24.3 Å². The van der Waals surface area contributed by atoms with Gasteiger partial charge in [0.15, 0.2) is 0 Å². The fourth-order valence-corrected chi connectivity index (χ4v) is 1.55. The number of hydrogen-bond acceptors (Lipinski definition) is 2. The van der Waals surface area contributed by atoms with Crippen LogP contribution in [0.25, 0.3) is 0 Å². The highest BCUT2D eigenvalue weighted by atomic mass is 19.1. The van der Waals surface area contributed by atoms with Gasteiger partial charge in [-0.05, 0) is 24.3 Å². The number of carbonyl (C=O) groups is 2. The molecule has 90 valence electrons. The molecule has 0 radical (unpaired) electrons. The molecule has 1 heterocycles. The number of nitrogens with one attached hydrogen (secondary N) is 2. The summed E-state index contributed by atoms with van der Waals surface area (Å²) in [6, 6.07) is 5.11. The van der Waals surface area contributed by atoms with Gasteiger partial charge in [-0.1, -0.05) is 0 Å². The van der Waals surface area contributed by atoms with Crippen molar-refractivity contribution in [2.75, 3.05) is 25.0 Å². The molecule has 5 nitrogen and oxygen atoms in total. The standard InChI is InChI=1S/C11H12FN3O2/c12-8-1-3-9(4-2-8)14-11(17)15-6-5-13-10(16)7-15/h1-4H,5-7H2,(H,13,16)(H,14,17). The average Bonchev–Trinajstić information content (AvgIpc) is 2.32. The normalized spacial score (nSPS) is 15.4. The van der Waals surface area contributed by atoms with E-state index in [1.165, 1.54) is 29.2 Å². The largest absolute Gasteiger partial charge is 0.353 e. The van der Waals surface area contributed by atoms with Crippen molar-refractivity contribution in [1.29, 1.82) is 0 Å². The average molecular weight is 237 g/mol. The Balaban J connectivity index is 1.96. The molecule has 0 spiro atoms. The molecule has 0 bridgehead atoms. The van der Waals surface area contributed by atoms with Crippen LogP contribution in [0.3, 0.4) is 0 Å². The number of hydrogen-bond donors (Lipinski definition) is 2. The van der Waals surface area contributed by atoms with Gasteiger partial charge < -0.3 is 15.5 Å². The summed E-state index contributed by atoms with van der Waals surface area (Å²) in [7, 11) is 0. The lowest BCUT2D eigenvalue weighted by Crippen LogP contribution is -2.51. The molecule has 1 aromatic rings. The third-order valence-corrected chi connectivity index (χ3v) is 2.42.